The normalized spacial score (nSPS) is 12.4. The van der Waals surface area contributed by atoms with Gasteiger partial charge in [0.1, 0.15) is 0 Å². The van der Waals surface area contributed by atoms with Crippen LogP contribution in [-0.4, -0.2) is 29.8 Å². The Morgan fingerprint density at radius 1 is 1.00 bits per heavy atom. The Labute approximate surface area is 85.4 Å². The number of rotatable bonds is 4. The van der Waals surface area contributed by atoms with E-state index >= 15 is 0 Å². The minimum absolute atomic E-state index is 0.0576. The second-order valence-corrected chi connectivity index (χ2v) is 4.51. The van der Waals surface area contributed by atoms with Crippen molar-refractivity contribution >= 4 is 11.7 Å². The third-order valence-electron chi connectivity index (χ3n) is 2.50. The van der Waals surface area contributed by atoms with Crippen LogP contribution in [0.15, 0.2) is 0 Å². The van der Waals surface area contributed by atoms with Gasteiger partial charge in [0.2, 0.25) is 5.91 Å². The molecule has 2 N–H and O–H groups in total. The number of Topliss-reactive ketones (excluding diaryl/α,β-unsaturated/α-hetero) is 1. The molecule has 0 fully saturated rings. The molecule has 0 saturated heterocycles. The molecule has 4 heteroatoms. The van der Waals surface area contributed by atoms with Gasteiger partial charge in [0.15, 0.2) is 5.78 Å². The molecule has 0 atom stereocenters. The predicted octanol–water partition coefficient (Wildman–Crippen LogP) is 0.468. The maximum absolute atomic E-state index is 11.7. The average Bonchev–Trinajstić information content (AvgIpc) is 2.03. The lowest BCUT2D eigenvalue weighted by molar-refractivity contribution is -0.133. The van der Waals surface area contributed by atoms with Crippen molar-refractivity contribution < 1.29 is 9.59 Å². The summed E-state index contributed by atoms with van der Waals surface area (Å²) in [4.78, 5) is 22.9. The Balaban J connectivity index is 4.56. The Kier molecular flexibility index (Phi) is 3.82. The van der Waals surface area contributed by atoms with Crippen molar-refractivity contribution in [2.24, 2.45) is 0 Å². The Hall–Kier alpha value is -0.900. The molecule has 0 aromatic rings. The van der Waals surface area contributed by atoms with Crippen molar-refractivity contribution in [1.29, 1.82) is 0 Å². The van der Waals surface area contributed by atoms with Gasteiger partial charge in [-0.05, 0) is 41.7 Å². The van der Waals surface area contributed by atoms with E-state index < -0.39 is 11.1 Å². The van der Waals surface area contributed by atoms with Crippen LogP contribution in [0.4, 0.5) is 0 Å². The number of nitrogens with one attached hydrogen (secondary N) is 2. The van der Waals surface area contributed by atoms with Gasteiger partial charge >= 0.3 is 0 Å². The van der Waals surface area contributed by atoms with Gasteiger partial charge in [-0.25, -0.2) is 0 Å². The first-order valence-corrected chi connectivity index (χ1v) is 4.66. The van der Waals surface area contributed by atoms with Crippen molar-refractivity contribution in [2.45, 2.75) is 45.7 Å². The molecule has 0 spiro atoms. The highest BCUT2D eigenvalue weighted by molar-refractivity contribution is 5.93. The summed E-state index contributed by atoms with van der Waals surface area (Å²) >= 11 is 0. The van der Waals surface area contributed by atoms with Gasteiger partial charge in [-0.2, -0.15) is 0 Å². The van der Waals surface area contributed by atoms with Gasteiger partial charge in [0.05, 0.1) is 11.1 Å². The third kappa shape index (κ3) is 3.10. The lowest BCUT2D eigenvalue weighted by atomic mass is 9.97. The first kappa shape index (κ1) is 13.1. The molecule has 0 aromatic heterocycles. The molecule has 0 unspecified atom stereocenters. The zero-order valence-corrected chi connectivity index (χ0v) is 9.82. The lowest BCUT2D eigenvalue weighted by Crippen LogP contribution is -2.58. The van der Waals surface area contributed by atoms with E-state index in [9.17, 15) is 9.59 Å². The minimum atomic E-state index is -0.800. The van der Waals surface area contributed by atoms with Crippen molar-refractivity contribution in [1.82, 2.24) is 10.6 Å². The highest BCUT2D eigenvalue weighted by Gasteiger charge is 2.32. The molecule has 0 aliphatic rings. The van der Waals surface area contributed by atoms with Crippen LogP contribution in [0, 0.1) is 0 Å². The molecule has 14 heavy (non-hydrogen) atoms. The summed E-state index contributed by atoms with van der Waals surface area (Å²) < 4.78 is 0. The molecule has 0 aliphatic carbocycles. The molecule has 0 rings (SSSR count). The summed E-state index contributed by atoms with van der Waals surface area (Å²) in [6, 6.07) is 0. The average molecular weight is 200 g/mol. The summed E-state index contributed by atoms with van der Waals surface area (Å²) in [7, 11) is 1.71. The quantitative estimate of drug-likeness (QED) is 0.693. The van der Waals surface area contributed by atoms with Crippen LogP contribution in [0.5, 0.6) is 0 Å². The molecular weight excluding hydrogens is 180 g/mol. The summed E-state index contributed by atoms with van der Waals surface area (Å²) in [5, 5.41) is 5.58. The molecule has 0 radical (unpaired) electrons. The van der Waals surface area contributed by atoms with Crippen molar-refractivity contribution in [2.75, 3.05) is 7.05 Å². The lowest BCUT2D eigenvalue weighted by Gasteiger charge is -2.30. The van der Waals surface area contributed by atoms with E-state index in [1.54, 1.807) is 34.7 Å². The number of carbonyl (C=O) groups excluding carboxylic acids is 2. The Morgan fingerprint density at radius 3 is 1.71 bits per heavy atom. The largest absolute Gasteiger partial charge is 0.343 e. The fourth-order valence-electron chi connectivity index (χ4n) is 0.642. The van der Waals surface area contributed by atoms with E-state index in [4.69, 9.17) is 0 Å². The van der Waals surface area contributed by atoms with Gasteiger partial charge in [-0.15, -0.1) is 0 Å². The number of amides is 1. The fourth-order valence-corrected chi connectivity index (χ4v) is 0.642. The minimum Gasteiger partial charge on any atom is -0.343 e. The maximum Gasteiger partial charge on any atom is 0.240 e. The molecular formula is C10H20N2O2. The van der Waals surface area contributed by atoms with Gasteiger partial charge in [-0.3, -0.25) is 9.59 Å². The summed E-state index contributed by atoms with van der Waals surface area (Å²) in [5.74, 6) is -0.238. The predicted molar refractivity (Wildman–Crippen MR) is 56.0 cm³/mol. The highest BCUT2D eigenvalue weighted by atomic mass is 16.2. The number of likely N-dealkylation sites (N-methyl/N-ethyl adjacent to an activating group) is 1. The molecule has 0 saturated carbocycles. The molecule has 0 aliphatic heterocycles. The Bertz CT molecular complexity index is 245. The van der Waals surface area contributed by atoms with E-state index in [1.165, 1.54) is 6.92 Å². The van der Waals surface area contributed by atoms with Gasteiger partial charge in [-0.1, -0.05) is 0 Å². The molecule has 0 bridgehead atoms. The number of hydrogen-bond donors (Lipinski definition) is 2. The summed E-state index contributed by atoms with van der Waals surface area (Å²) in [6.45, 7) is 8.38. The van der Waals surface area contributed by atoms with E-state index in [-0.39, 0.29) is 11.7 Å². The van der Waals surface area contributed by atoms with Crippen LogP contribution in [0.2, 0.25) is 0 Å². The maximum atomic E-state index is 11.7. The Morgan fingerprint density at radius 2 is 1.43 bits per heavy atom. The molecule has 1 amide bonds. The van der Waals surface area contributed by atoms with E-state index in [1.807, 2.05) is 0 Å². The second kappa shape index (κ2) is 4.09. The molecule has 82 valence electrons. The number of ketones is 1. The van der Waals surface area contributed by atoms with Crippen LogP contribution in [-0.2, 0) is 9.59 Å². The first-order chi connectivity index (χ1) is 6.13. The summed E-state index contributed by atoms with van der Waals surface area (Å²) in [6.07, 6.45) is 0. The first-order valence-electron chi connectivity index (χ1n) is 4.66. The topological polar surface area (TPSA) is 58.2 Å². The van der Waals surface area contributed by atoms with E-state index in [0.717, 1.165) is 0 Å². The van der Waals surface area contributed by atoms with Crippen LogP contribution >= 0.6 is 0 Å². The smallest absolute Gasteiger partial charge is 0.240 e. The number of hydrogen-bond acceptors (Lipinski definition) is 3. The molecule has 0 aromatic carbocycles. The molecule has 4 nitrogen and oxygen atoms in total. The van der Waals surface area contributed by atoms with Gasteiger partial charge in [0, 0.05) is 0 Å². The zero-order chi connectivity index (χ0) is 11.6. The van der Waals surface area contributed by atoms with Crippen molar-refractivity contribution in [3.05, 3.63) is 0 Å². The zero-order valence-electron chi connectivity index (χ0n) is 9.82. The van der Waals surface area contributed by atoms with Crippen molar-refractivity contribution in [3.8, 4) is 0 Å². The fraction of sp³-hybridized carbons (Fsp3) is 0.800. The third-order valence-corrected chi connectivity index (χ3v) is 2.50. The van der Waals surface area contributed by atoms with Crippen molar-refractivity contribution in [3.63, 3.8) is 0 Å². The summed E-state index contributed by atoms with van der Waals surface area (Å²) in [5.41, 5.74) is -1.46. The van der Waals surface area contributed by atoms with Crippen LogP contribution < -0.4 is 10.6 Å². The van der Waals surface area contributed by atoms with Crippen LogP contribution in [0.3, 0.4) is 0 Å². The number of carbonyl (C=O) groups is 2. The van der Waals surface area contributed by atoms with Crippen LogP contribution in [0.1, 0.15) is 34.6 Å². The molecule has 0 heterocycles. The van der Waals surface area contributed by atoms with Gasteiger partial charge < -0.3 is 10.6 Å². The SMILES string of the molecule is CNC(C)(C)C(=O)NC(C)(C)C(C)=O. The van der Waals surface area contributed by atoms with Gasteiger partial charge in [0.25, 0.3) is 0 Å². The second-order valence-electron chi connectivity index (χ2n) is 4.51. The standard InChI is InChI=1S/C10H20N2O2/c1-7(13)9(2,3)12-8(14)10(4,5)11-6/h11H,1-6H3,(H,12,14). The monoisotopic (exact) mass is 200 g/mol. The highest BCUT2D eigenvalue weighted by Crippen LogP contribution is 2.08. The van der Waals surface area contributed by atoms with E-state index in [2.05, 4.69) is 10.6 Å². The van der Waals surface area contributed by atoms with Crippen LogP contribution in [0.25, 0.3) is 0 Å². The van der Waals surface area contributed by atoms with E-state index in [0.29, 0.717) is 0 Å².